The molecule has 12 heteroatoms. The van der Waals surface area contributed by atoms with Gasteiger partial charge in [-0.3, -0.25) is 0 Å². The first-order valence-corrected chi connectivity index (χ1v) is 6.38. The molecular formula is C11H19N5O7. The van der Waals surface area contributed by atoms with Crippen LogP contribution in [0.4, 0.5) is 4.79 Å². The van der Waals surface area contributed by atoms with Crippen LogP contribution in [0.2, 0.25) is 0 Å². The largest absolute Gasteiger partial charge is 0.478 e. The molecule has 1 heterocycles. The second-order valence-electron chi connectivity index (χ2n) is 4.69. The van der Waals surface area contributed by atoms with Crippen molar-refractivity contribution in [3.05, 3.63) is 11.8 Å². The Kier molecular flexibility index (Phi) is 6.12. The van der Waals surface area contributed by atoms with Crippen molar-refractivity contribution in [3.63, 3.8) is 0 Å². The standard InChI is InChI=1S/C11H19N5O7/c12-6-3(16-10(13)14)1-5(9(19)20)22-8(6)7(4(18)2-17)23-11(15)21/h1,3-4,6-8,17-18H,2,12H2,(H2,15,21)(H,19,20)(H4,13,14,16)/t3-,4+,6+,7+,8+/m0/s1. The van der Waals surface area contributed by atoms with Crippen molar-refractivity contribution in [1.29, 1.82) is 0 Å². The minimum absolute atomic E-state index is 0.359. The van der Waals surface area contributed by atoms with Gasteiger partial charge in [-0.1, -0.05) is 0 Å². The highest BCUT2D eigenvalue weighted by Gasteiger charge is 2.44. The summed E-state index contributed by atoms with van der Waals surface area (Å²) in [6.45, 7) is -0.816. The number of aliphatic hydroxyl groups excluding tert-OH is 2. The first-order valence-electron chi connectivity index (χ1n) is 6.38. The van der Waals surface area contributed by atoms with Gasteiger partial charge in [0, 0.05) is 0 Å². The Morgan fingerprint density at radius 1 is 1.39 bits per heavy atom. The first-order chi connectivity index (χ1) is 10.7. The average Bonchev–Trinajstić information content (AvgIpc) is 2.45. The maximum atomic E-state index is 11.1. The quantitative estimate of drug-likeness (QED) is 0.184. The molecule has 0 unspecified atom stereocenters. The highest BCUT2D eigenvalue weighted by molar-refractivity contribution is 5.85. The Bertz CT molecular complexity index is 519. The van der Waals surface area contributed by atoms with Gasteiger partial charge in [0.1, 0.15) is 6.10 Å². The molecule has 5 atom stereocenters. The number of amides is 1. The minimum Gasteiger partial charge on any atom is -0.478 e. The number of carbonyl (C=O) groups is 2. The molecule has 1 amide bonds. The van der Waals surface area contributed by atoms with Crippen LogP contribution in [0.1, 0.15) is 0 Å². The van der Waals surface area contributed by atoms with Gasteiger partial charge in [0.05, 0.1) is 18.7 Å². The number of rotatable bonds is 6. The number of carbonyl (C=O) groups excluding carboxylic acids is 1. The van der Waals surface area contributed by atoms with Gasteiger partial charge in [-0.15, -0.1) is 0 Å². The van der Waals surface area contributed by atoms with Crippen LogP contribution in [-0.2, 0) is 14.3 Å². The number of guanidine groups is 1. The van der Waals surface area contributed by atoms with Gasteiger partial charge in [0.25, 0.3) is 0 Å². The van der Waals surface area contributed by atoms with E-state index in [2.05, 4.69) is 9.73 Å². The van der Waals surface area contributed by atoms with Crippen LogP contribution in [0, 0.1) is 0 Å². The topological polar surface area (TPSA) is 230 Å². The lowest BCUT2D eigenvalue weighted by Gasteiger charge is -2.37. The second-order valence-corrected chi connectivity index (χ2v) is 4.69. The van der Waals surface area contributed by atoms with Crippen LogP contribution in [0.25, 0.3) is 0 Å². The average molecular weight is 333 g/mol. The lowest BCUT2D eigenvalue weighted by Crippen LogP contribution is -2.58. The molecule has 1 aliphatic rings. The van der Waals surface area contributed by atoms with E-state index in [1.165, 1.54) is 0 Å². The number of carboxylic acids is 1. The van der Waals surface area contributed by atoms with Gasteiger partial charge in [0.15, 0.2) is 18.2 Å². The van der Waals surface area contributed by atoms with E-state index in [4.69, 9.17) is 37.9 Å². The van der Waals surface area contributed by atoms with Gasteiger partial charge in [0.2, 0.25) is 5.76 Å². The molecule has 12 nitrogen and oxygen atoms in total. The third-order valence-electron chi connectivity index (χ3n) is 3.01. The second kappa shape index (κ2) is 7.62. The molecule has 11 N–H and O–H groups in total. The number of carboxylic acid groups (broad SMARTS) is 1. The zero-order valence-corrected chi connectivity index (χ0v) is 11.9. The summed E-state index contributed by atoms with van der Waals surface area (Å²) in [5, 5.41) is 27.9. The SMILES string of the molecule is NC(=O)O[C@@H]([C@@H]1OC(C(=O)O)=C[C@H](N=C(N)N)[C@H]1N)[C@H](O)CO. The molecule has 23 heavy (non-hydrogen) atoms. The van der Waals surface area contributed by atoms with Crippen LogP contribution in [0.5, 0.6) is 0 Å². The molecule has 0 aromatic rings. The Balaban J connectivity index is 3.21. The van der Waals surface area contributed by atoms with E-state index in [0.29, 0.717) is 0 Å². The zero-order valence-electron chi connectivity index (χ0n) is 11.9. The summed E-state index contributed by atoms with van der Waals surface area (Å²) < 4.78 is 9.83. The number of nitrogens with two attached hydrogens (primary N) is 4. The summed E-state index contributed by atoms with van der Waals surface area (Å²) in [6.07, 6.45) is -4.73. The molecule has 1 rings (SSSR count). The number of primary amides is 1. The molecule has 0 saturated heterocycles. The number of aliphatic hydroxyl groups is 2. The third-order valence-corrected chi connectivity index (χ3v) is 3.01. The molecule has 130 valence electrons. The van der Waals surface area contributed by atoms with Gasteiger partial charge in [-0.05, 0) is 6.08 Å². The molecule has 0 spiro atoms. The van der Waals surface area contributed by atoms with Gasteiger partial charge >= 0.3 is 12.1 Å². The molecule has 0 bridgehead atoms. The number of hydrogen-bond acceptors (Lipinski definition) is 8. The Morgan fingerprint density at radius 2 is 2.00 bits per heavy atom. The highest BCUT2D eigenvalue weighted by atomic mass is 16.6. The lowest BCUT2D eigenvalue weighted by atomic mass is 9.93. The molecule has 0 saturated carbocycles. The normalized spacial score (nSPS) is 26.2. The van der Waals surface area contributed by atoms with Gasteiger partial charge in [-0.25, -0.2) is 14.6 Å². The predicted molar refractivity (Wildman–Crippen MR) is 75.7 cm³/mol. The zero-order chi connectivity index (χ0) is 17.7. The van der Waals surface area contributed by atoms with Crippen molar-refractivity contribution in [3.8, 4) is 0 Å². The molecule has 0 fully saturated rings. The maximum absolute atomic E-state index is 11.1. The maximum Gasteiger partial charge on any atom is 0.405 e. The van der Waals surface area contributed by atoms with Crippen molar-refractivity contribution in [2.24, 2.45) is 27.9 Å². The fraction of sp³-hybridized carbons (Fsp3) is 0.545. The van der Waals surface area contributed by atoms with Crippen LogP contribution in [0.3, 0.4) is 0 Å². The van der Waals surface area contributed by atoms with E-state index in [-0.39, 0.29) is 5.96 Å². The number of nitrogens with zero attached hydrogens (tertiary/aromatic N) is 1. The van der Waals surface area contributed by atoms with E-state index >= 15 is 0 Å². The number of aliphatic imine (C=N–C) groups is 1. The molecule has 0 aromatic carbocycles. The summed E-state index contributed by atoms with van der Waals surface area (Å²) in [4.78, 5) is 25.9. The summed E-state index contributed by atoms with van der Waals surface area (Å²) >= 11 is 0. The summed E-state index contributed by atoms with van der Waals surface area (Å²) in [6, 6.07) is -2.11. The smallest absolute Gasteiger partial charge is 0.405 e. The fourth-order valence-corrected chi connectivity index (χ4v) is 2.03. The van der Waals surface area contributed by atoms with Crippen LogP contribution in [0.15, 0.2) is 16.8 Å². The molecule has 0 aliphatic carbocycles. The van der Waals surface area contributed by atoms with Crippen molar-refractivity contribution in [2.75, 3.05) is 6.61 Å². The van der Waals surface area contributed by atoms with E-state index < -0.39 is 54.8 Å². The fourth-order valence-electron chi connectivity index (χ4n) is 2.03. The number of hydrogen-bond donors (Lipinski definition) is 7. The molecular weight excluding hydrogens is 314 g/mol. The van der Waals surface area contributed by atoms with Crippen molar-refractivity contribution < 1.29 is 34.4 Å². The number of aliphatic carboxylic acids is 1. The van der Waals surface area contributed by atoms with Crippen molar-refractivity contribution >= 4 is 18.0 Å². The summed E-state index contributed by atoms with van der Waals surface area (Å²) in [5.41, 5.74) is 21.3. The summed E-state index contributed by atoms with van der Waals surface area (Å²) in [5.74, 6) is -2.37. The molecule has 0 aromatic heterocycles. The van der Waals surface area contributed by atoms with Crippen molar-refractivity contribution in [2.45, 2.75) is 30.4 Å². The van der Waals surface area contributed by atoms with Crippen LogP contribution >= 0.6 is 0 Å². The van der Waals surface area contributed by atoms with Gasteiger partial charge in [-0.2, -0.15) is 0 Å². The van der Waals surface area contributed by atoms with E-state index in [1.807, 2.05) is 0 Å². The van der Waals surface area contributed by atoms with E-state index in [1.54, 1.807) is 0 Å². The Labute approximate surface area is 130 Å². The van der Waals surface area contributed by atoms with E-state index in [0.717, 1.165) is 6.08 Å². The van der Waals surface area contributed by atoms with Crippen molar-refractivity contribution in [1.82, 2.24) is 0 Å². The van der Waals surface area contributed by atoms with Gasteiger partial charge < -0.3 is 47.7 Å². The van der Waals surface area contributed by atoms with E-state index in [9.17, 15) is 14.7 Å². The van der Waals surface area contributed by atoms with Crippen LogP contribution < -0.4 is 22.9 Å². The molecule has 0 radical (unpaired) electrons. The molecule has 1 aliphatic heterocycles. The highest BCUT2D eigenvalue weighted by Crippen LogP contribution is 2.25. The predicted octanol–water partition coefficient (Wildman–Crippen LogP) is -3.86. The summed E-state index contributed by atoms with van der Waals surface area (Å²) in [7, 11) is 0. The monoisotopic (exact) mass is 333 g/mol. The number of ether oxygens (including phenoxy) is 2. The lowest BCUT2D eigenvalue weighted by molar-refractivity contribution is -0.144. The minimum atomic E-state index is -1.62. The van der Waals surface area contributed by atoms with Crippen LogP contribution in [-0.4, -0.2) is 70.3 Å². The Hall–Kier alpha value is -2.57. The first kappa shape index (κ1) is 18.5. The third kappa shape index (κ3) is 4.70. The Morgan fingerprint density at radius 3 is 2.43 bits per heavy atom.